The summed E-state index contributed by atoms with van der Waals surface area (Å²) in [6.07, 6.45) is 0.867. The van der Waals surface area contributed by atoms with E-state index in [4.69, 9.17) is 9.47 Å². The Kier molecular flexibility index (Phi) is 5.38. The molecule has 3 atom stereocenters. The molecule has 2 N–H and O–H groups in total. The maximum Gasteiger partial charge on any atom is 0.337 e. The Hall–Kier alpha value is -1.92. The van der Waals surface area contributed by atoms with Gasteiger partial charge in [-0.2, -0.15) is 0 Å². The lowest BCUT2D eigenvalue weighted by molar-refractivity contribution is -0.146. The summed E-state index contributed by atoms with van der Waals surface area (Å²) in [5.74, 6) is -0.987. The van der Waals surface area contributed by atoms with Crippen LogP contribution in [-0.2, 0) is 19.1 Å². The molecule has 1 heterocycles. The summed E-state index contributed by atoms with van der Waals surface area (Å²) in [5, 5.41) is 19.6. The number of carbonyl (C=O) groups is 2. The molecule has 6 heteroatoms. The molecule has 0 aromatic carbocycles. The van der Waals surface area contributed by atoms with Crippen molar-refractivity contribution in [2.45, 2.75) is 51.4 Å². The van der Waals surface area contributed by atoms with Gasteiger partial charge in [-0.05, 0) is 42.6 Å². The van der Waals surface area contributed by atoms with Crippen molar-refractivity contribution in [1.82, 2.24) is 0 Å². The average Bonchev–Trinajstić information content (AvgIpc) is 2.77. The molecule has 0 saturated carbocycles. The van der Waals surface area contributed by atoms with Crippen LogP contribution in [-0.4, -0.2) is 47.1 Å². The van der Waals surface area contributed by atoms with Crippen molar-refractivity contribution in [2.75, 3.05) is 6.61 Å². The maximum atomic E-state index is 11.9. The zero-order valence-electron chi connectivity index (χ0n) is 13.4. The topological polar surface area (TPSA) is 93.1 Å². The van der Waals surface area contributed by atoms with Gasteiger partial charge in [0.25, 0.3) is 0 Å². The minimum Gasteiger partial charge on any atom is -0.458 e. The highest BCUT2D eigenvalue weighted by molar-refractivity contribution is 5.93. The Labute approximate surface area is 135 Å². The van der Waals surface area contributed by atoms with E-state index in [9.17, 15) is 19.8 Å². The van der Waals surface area contributed by atoms with Gasteiger partial charge in [-0.1, -0.05) is 6.58 Å². The van der Waals surface area contributed by atoms with E-state index in [0.29, 0.717) is 29.6 Å². The Morgan fingerprint density at radius 3 is 2.78 bits per heavy atom. The molecule has 3 unspecified atom stereocenters. The lowest BCUT2D eigenvalue weighted by Crippen LogP contribution is -2.27. The van der Waals surface area contributed by atoms with Crippen molar-refractivity contribution in [2.24, 2.45) is 0 Å². The standard InChI is InChI=1S/C17H22O6/c1-9-4-5-12-13(8-18)17(21)23-16(12)6-10(2)15(7-14(9)20)22-11(3)19/h6,14-16,18,20H,1,4-5,7-8H2,2-3H3. The van der Waals surface area contributed by atoms with Crippen LogP contribution in [0.4, 0.5) is 0 Å². The molecule has 0 fully saturated rings. The van der Waals surface area contributed by atoms with Gasteiger partial charge in [0.05, 0.1) is 18.3 Å². The van der Waals surface area contributed by atoms with Gasteiger partial charge in [-0.15, -0.1) is 0 Å². The second-order valence-corrected chi connectivity index (χ2v) is 5.91. The van der Waals surface area contributed by atoms with Gasteiger partial charge in [0.2, 0.25) is 0 Å². The zero-order chi connectivity index (χ0) is 17.1. The van der Waals surface area contributed by atoms with Gasteiger partial charge < -0.3 is 19.7 Å². The van der Waals surface area contributed by atoms with Gasteiger partial charge in [-0.25, -0.2) is 4.79 Å². The second kappa shape index (κ2) is 7.10. The summed E-state index contributed by atoms with van der Waals surface area (Å²) < 4.78 is 10.6. The lowest BCUT2D eigenvalue weighted by Gasteiger charge is -2.25. The van der Waals surface area contributed by atoms with Gasteiger partial charge in [0.1, 0.15) is 12.2 Å². The molecule has 2 aliphatic rings. The average molecular weight is 322 g/mol. The van der Waals surface area contributed by atoms with E-state index in [-0.39, 0.29) is 18.6 Å². The van der Waals surface area contributed by atoms with E-state index in [1.165, 1.54) is 6.92 Å². The molecule has 1 aliphatic carbocycles. The van der Waals surface area contributed by atoms with E-state index in [0.717, 1.165) is 0 Å². The molecule has 0 bridgehead atoms. The van der Waals surface area contributed by atoms with Crippen LogP contribution in [0.1, 0.15) is 33.1 Å². The summed E-state index contributed by atoms with van der Waals surface area (Å²) in [4.78, 5) is 23.1. The SMILES string of the molecule is C=C1CCC2=C(CO)C(=O)OC2C=C(C)C(OC(C)=O)CC1O. The molecule has 126 valence electrons. The fourth-order valence-corrected chi connectivity index (χ4v) is 2.86. The summed E-state index contributed by atoms with van der Waals surface area (Å²) in [7, 11) is 0. The first kappa shape index (κ1) is 17.4. The highest BCUT2D eigenvalue weighted by Crippen LogP contribution is 2.32. The van der Waals surface area contributed by atoms with E-state index in [2.05, 4.69) is 6.58 Å². The van der Waals surface area contributed by atoms with Gasteiger partial charge >= 0.3 is 11.9 Å². The van der Waals surface area contributed by atoms with Crippen LogP contribution in [0.5, 0.6) is 0 Å². The van der Waals surface area contributed by atoms with Crippen molar-refractivity contribution in [1.29, 1.82) is 0 Å². The number of fused-ring (bicyclic) bond motifs is 1. The molecule has 23 heavy (non-hydrogen) atoms. The third-order valence-corrected chi connectivity index (χ3v) is 4.22. The number of aliphatic hydroxyl groups excluding tert-OH is 2. The number of hydrogen-bond donors (Lipinski definition) is 2. The molecule has 0 saturated heterocycles. The molecule has 0 radical (unpaired) electrons. The van der Waals surface area contributed by atoms with Crippen LogP contribution < -0.4 is 0 Å². The predicted octanol–water partition coefficient (Wildman–Crippen LogP) is 1.18. The van der Waals surface area contributed by atoms with E-state index in [1.807, 2.05) is 0 Å². The van der Waals surface area contributed by atoms with Crippen molar-refractivity contribution < 1.29 is 29.3 Å². The first-order valence-electron chi connectivity index (χ1n) is 7.58. The third-order valence-electron chi connectivity index (χ3n) is 4.22. The molecule has 0 aromatic rings. The summed E-state index contributed by atoms with van der Waals surface area (Å²) in [6.45, 7) is 6.54. The monoisotopic (exact) mass is 322 g/mol. The van der Waals surface area contributed by atoms with Gasteiger partial charge in [0, 0.05) is 13.3 Å². The molecule has 2 rings (SSSR count). The fourth-order valence-electron chi connectivity index (χ4n) is 2.86. The Morgan fingerprint density at radius 2 is 2.17 bits per heavy atom. The smallest absolute Gasteiger partial charge is 0.337 e. The van der Waals surface area contributed by atoms with Gasteiger partial charge in [0.15, 0.2) is 0 Å². The summed E-state index contributed by atoms with van der Waals surface area (Å²) >= 11 is 0. The van der Waals surface area contributed by atoms with Crippen LogP contribution in [0.15, 0.2) is 34.9 Å². The molecular formula is C17H22O6. The summed E-state index contributed by atoms with van der Waals surface area (Å²) in [6, 6.07) is 0. The van der Waals surface area contributed by atoms with Gasteiger partial charge in [-0.3, -0.25) is 4.79 Å². The summed E-state index contributed by atoms with van der Waals surface area (Å²) in [5.41, 5.74) is 2.22. The van der Waals surface area contributed by atoms with Crippen LogP contribution in [0.3, 0.4) is 0 Å². The van der Waals surface area contributed by atoms with Crippen LogP contribution in [0, 0.1) is 0 Å². The molecule has 6 nitrogen and oxygen atoms in total. The largest absolute Gasteiger partial charge is 0.458 e. The van der Waals surface area contributed by atoms with Crippen LogP contribution in [0.25, 0.3) is 0 Å². The van der Waals surface area contributed by atoms with Crippen molar-refractivity contribution in [3.8, 4) is 0 Å². The Morgan fingerprint density at radius 1 is 1.48 bits per heavy atom. The highest BCUT2D eigenvalue weighted by Gasteiger charge is 2.34. The molecule has 0 spiro atoms. The third kappa shape index (κ3) is 3.89. The minimum atomic E-state index is -0.810. The van der Waals surface area contributed by atoms with E-state index < -0.39 is 30.3 Å². The zero-order valence-corrected chi connectivity index (χ0v) is 13.4. The van der Waals surface area contributed by atoms with E-state index in [1.54, 1.807) is 13.0 Å². The first-order valence-corrected chi connectivity index (χ1v) is 7.58. The van der Waals surface area contributed by atoms with E-state index >= 15 is 0 Å². The quantitative estimate of drug-likeness (QED) is 0.586. The lowest BCUT2D eigenvalue weighted by atomic mass is 9.90. The number of aliphatic hydroxyl groups is 2. The number of carbonyl (C=O) groups excluding carboxylic acids is 2. The van der Waals surface area contributed by atoms with Crippen LogP contribution in [0.2, 0.25) is 0 Å². The fraction of sp³-hybridized carbons (Fsp3) is 0.529. The van der Waals surface area contributed by atoms with Crippen molar-refractivity contribution in [3.05, 3.63) is 34.9 Å². The number of hydrogen-bond acceptors (Lipinski definition) is 6. The highest BCUT2D eigenvalue weighted by atomic mass is 16.6. The Bertz CT molecular complexity index is 586. The second-order valence-electron chi connectivity index (χ2n) is 5.91. The number of rotatable bonds is 2. The molecular weight excluding hydrogens is 300 g/mol. The normalized spacial score (nSPS) is 28.9. The maximum absolute atomic E-state index is 11.9. The molecule has 0 aromatic heterocycles. The van der Waals surface area contributed by atoms with Crippen LogP contribution >= 0.6 is 0 Å². The predicted molar refractivity (Wildman–Crippen MR) is 82.3 cm³/mol. The molecule has 1 aliphatic heterocycles. The molecule has 0 amide bonds. The minimum absolute atomic E-state index is 0.216. The van der Waals surface area contributed by atoms with Crippen molar-refractivity contribution in [3.63, 3.8) is 0 Å². The number of esters is 2. The Balaban J connectivity index is 2.41. The first-order chi connectivity index (χ1) is 10.8. The van der Waals surface area contributed by atoms with Crippen molar-refractivity contribution >= 4 is 11.9 Å². The number of ether oxygens (including phenoxy) is 2.